The lowest BCUT2D eigenvalue weighted by molar-refractivity contribution is 0.633. The molecule has 0 saturated carbocycles. The van der Waals surface area contributed by atoms with Gasteiger partial charge in [-0.1, -0.05) is 85.6 Å². The fraction of sp³-hybridized carbons (Fsp3) is 0.161. The van der Waals surface area contributed by atoms with Crippen LogP contribution in [0.25, 0.3) is 44.5 Å². The zero-order valence-corrected chi connectivity index (χ0v) is 19.7. The van der Waals surface area contributed by atoms with E-state index in [-0.39, 0.29) is 5.56 Å². The van der Waals surface area contributed by atoms with Crippen molar-refractivity contribution in [3.05, 3.63) is 113 Å². The average Bonchev–Trinajstić information content (AvgIpc) is 2.88. The molecule has 0 bridgehead atoms. The van der Waals surface area contributed by atoms with E-state index >= 15 is 0 Å². The van der Waals surface area contributed by atoms with Gasteiger partial charge in [0.25, 0.3) is 5.56 Å². The normalized spacial score (nSPS) is 11.1. The van der Waals surface area contributed by atoms with Gasteiger partial charge in [-0.2, -0.15) is 0 Å². The lowest BCUT2D eigenvalue weighted by atomic mass is 9.99. The monoisotopic (exact) mass is 444 g/mol. The van der Waals surface area contributed by atoms with Gasteiger partial charge in [0.1, 0.15) is 0 Å². The van der Waals surface area contributed by atoms with E-state index in [0.717, 1.165) is 51.8 Å². The minimum atomic E-state index is 0.0500. The van der Waals surface area contributed by atoms with Crippen LogP contribution in [0, 0.1) is 6.92 Å². The molecule has 0 aliphatic heterocycles. The molecule has 5 rings (SSSR count). The number of hydrogen-bond acceptors (Lipinski definition) is 2. The van der Waals surface area contributed by atoms with Gasteiger partial charge in [-0.25, -0.2) is 4.98 Å². The lowest BCUT2D eigenvalue weighted by Crippen LogP contribution is -2.22. The number of aryl methyl sites for hydroxylation is 2. The molecule has 0 aliphatic rings. The molecule has 2 heterocycles. The smallest absolute Gasteiger partial charge is 0.258 e. The first-order chi connectivity index (χ1) is 16.6. The van der Waals surface area contributed by atoms with Crippen LogP contribution < -0.4 is 5.56 Å². The van der Waals surface area contributed by atoms with E-state index in [1.54, 1.807) is 0 Å². The highest BCUT2D eigenvalue weighted by Gasteiger charge is 2.15. The first kappa shape index (κ1) is 21.8. The Hall–Kier alpha value is -3.98. The molecular weight excluding hydrogens is 416 g/mol. The van der Waals surface area contributed by atoms with Crippen molar-refractivity contribution in [1.82, 2.24) is 9.55 Å². The maximum Gasteiger partial charge on any atom is 0.258 e. The van der Waals surface area contributed by atoms with E-state index in [4.69, 9.17) is 4.98 Å². The van der Waals surface area contributed by atoms with Crippen molar-refractivity contribution in [2.24, 2.45) is 0 Å². The van der Waals surface area contributed by atoms with E-state index in [1.807, 2.05) is 59.2 Å². The Labute approximate surface area is 200 Å². The van der Waals surface area contributed by atoms with Crippen LogP contribution in [0.5, 0.6) is 0 Å². The van der Waals surface area contributed by atoms with Gasteiger partial charge in [-0.05, 0) is 54.6 Å². The van der Waals surface area contributed by atoms with E-state index in [1.165, 1.54) is 5.56 Å². The van der Waals surface area contributed by atoms with Crippen molar-refractivity contribution in [2.45, 2.75) is 33.2 Å². The SMILES string of the molecule is CCCCn1c(=O)c(-c2cc(-c3ccccc3)nc(-c3ccccc3)c2)cc2cc(C)ccc21. The second-order valence-electron chi connectivity index (χ2n) is 8.79. The molecule has 0 aliphatic carbocycles. The molecule has 3 heteroatoms. The quantitative estimate of drug-likeness (QED) is 0.272. The highest BCUT2D eigenvalue weighted by Crippen LogP contribution is 2.30. The fourth-order valence-corrected chi connectivity index (χ4v) is 4.45. The van der Waals surface area contributed by atoms with Crippen LogP contribution in [0.3, 0.4) is 0 Å². The van der Waals surface area contributed by atoms with Crippen molar-refractivity contribution in [3.63, 3.8) is 0 Å². The Kier molecular flexibility index (Phi) is 6.09. The molecule has 0 fully saturated rings. The maximum absolute atomic E-state index is 13.8. The predicted octanol–water partition coefficient (Wildman–Crippen LogP) is 7.51. The molecule has 0 saturated heterocycles. The summed E-state index contributed by atoms with van der Waals surface area (Å²) >= 11 is 0. The fourth-order valence-electron chi connectivity index (χ4n) is 4.45. The molecule has 0 N–H and O–H groups in total. The van der Waals surface area contributed by atoms with Gasteiger partial charge in [0.05, 0.1) is 16.9 Å². The number of benzene rings is 3. The highest BCUT2D eigenvalue weighted by atomic mass is 16.1. The predicted molar refractivity (Wildman–Crippen MR) is 142 cm³/mol. The zero-order chi connectivity index (χ0) is 23.5. The number of rotatable bonds is 6. The number of aromatic nitrogens is 2. The van der Waals surface area contributed by atoms with Gasteiger partial charge in [-0.3, -0.25) is 4.79 Å². The molecule has 2 aromatic heterocycles. The Morgan fingerprint density at radius 1 is 0.735 bits per heavy atom. The summed E-state index contributed by atoms with van der Waals surface area (Å²) in [6.45, 7) is 4.96. The van der Waals surface area contributed by atoms with Crippen LogP contribution in [0.2, 0.25) is 0 Å². The van der Waals surface area contributed by atoms with Gasteiger partial charge in [0.15, 0.2) is 0 Å². The summed E-state index contributed by atoms with van der Waals surface area (Å²) in [4.78, 5) is 18.8. The number of pyridine rings is 2. The van der Waals surface area contributed by atoms with Crippen molar-refractivity contribution in [2.75, 3.05) is 0 Å². The van der Waals surface area contributed by atoms with Crippen molar-refractivity contribution in [3.8, 4) is 33.6 Å². The molecule has 0 atom stereocenters. The molecule has 0 unspecified atom stereocenters. The standard InChI is InChI=1S/C31H28N2O/c1-3-4-17-33-30-16-15-22(2)18-26(30)19-27(31(33)34)25-20-28(23-11-7-5-8-12-23)32-29(21-25)24-13-9-6-10-14-24/h5-16,18-21H,3-4,17H2,1-2H3. The van der Waals surface area contributed by atoms with Crippen LogP contribution >= 0.6 is 0 Å². The van der Waals surface area contributed by atoms with Gasteiger partial charge >= 0.3 is 0 Å². The van der Waals surface area contributed by atoms with Gasteiger partial charge in [0, 0.05) is 23.2 Å². The topological polar surface area (TPSA) is 34.9 Å². The van der Waals surface area contributed by atoms with Crippen molar-refractivity contribution >= 4 is 10.9 Å². The Morgan fingerprint density at radius 3 is 1.94 bits per heavy atom. The number of hydrogen-bond donors (Lipinski definition) is 0. The third-order valence-corrected chi connectivity index (χ3v) is 6.26. The Balaban J connectivity index is 1.78. The minimum Gasteiger partial charge on any atom is -0.308 e. The van der Waals surface area contributed by atoms with Crippen molar-refractivity contribution < 1.29 is 0 Å². The first-order valence-corrected chi connectivity index (χ1v) is 11.9. The molecule has 34 heavy (non-hydrogen) atoms. The molecule has 0 radical (unpaired) electrons. The number of unbranched alkanes of at least 4 members (excludes halogenated alkanes) is 1. The van der Waals surface area contributed by atoms with E-state index in [0.29, 0.717) is 12.1 Å². The summed E-state index contributed by atoms with van der Waals surface area (Å²) in [5.41, 5.74) is 7.62. The van der Waals surface area contributed by atoms with E-state index < -0.39 is 0 Å². The third-order valence-electron chi connectivity index (χ3n) is 6.26. The van der Waals surface area contributed by atoms with Crippen molar-refractivity contribution in [1.29, 1.82) is 0 Å². The summed E-state index contributed by atoms with van der Waals surface area (Å²) in [7, 11) is 0. The van der Waals surface area contributed by atoms with Gasteiger partial charge < -0.3 is 4.57 Å². The molecular formula is C31H28N2O. The highest BCUT2D eigenvalue weighted by molar-refractivity contribution is 5.86. The average molecular weight is 445 g/mol. The van der Waals surface area contributed by atoms with Crippen LogP contribution in [0.15, 0.2) is 102 Å². The second-order valence-corrected chi connectivity index (χ2v) is 8.79. The van der Waals surface area contributed by atoms with E-state index in [9.17, 15) is 4.79 Å². The summed E-state index contributed by atoms with van der Waals surface area (Å²) in [6, 6.07) is 32.8. The molecule has 3 nitrogen and oxygen atoms in total. The van der Waals surface area contributed by atoms with Gasteiger partial charge in [0.2, 0.25) is 0 Å². The Morgan fingerprint density at radius 2 is 1.35 bits per heavy atom. The zero-order valence-electron chi connectivity index (χ0n) is 19.7. The molecule has 5 aromatic rings. The minimum absolute atomic E-state index is 0.0500. The maximum atomic E-state index is 13.8. The third kappa shape index (κ3) is 4.29. The molecule has 0 amide bonds. The number of fused-ring (bicyclic) bond motifs is 1. The number of nitrogens with zero attached hydrogens (tertiary/aromatic N) is 2. The second kappa shape index (κ2) is 9.48. The largest absolute Gasteiger partial charge is 0.308 e. The lowest BCUT2D eigenvalue weighted by Gasteiger charge is -2.15. The summed E-state index contributed by atoms with van der Waals surface area (Å²) in [5.74, 6) is 0. The summed E-state index contributed by atoms with van der Waals surface area (Å²) < 4.78 is 1.94. The van der Waals surface area contributed by atoms with Crippen LogP contribution in [-0.2, 0) is 6.54 Å². The summed E-state index contributed by atoms with van der Waals surface area (Å²) in [6.07, 6.45) is 2.00. The van der Waals surface area contributed by atoms with Crippen LogP contribution in [0.4, 0.5) is 0 Å². The molecule has 0 spiro atoms. The van der Waals surface area contributed by atoms with Crippen LogP contribution in [-0.4, -0.2) is 9.55 Å². The summed E-state index contributed by atoms with van der Waals surface area (Å²) in [5, 5.41) is 1.09. The van der Waals surface area contributed by atoms with Gasteiger partial charge in [-0.15, -0.1) is 0 Å². The Bertz CT molecular complexity index is 1440. The van der Waals surface area contributed by atoms with E-state index in [2.05, 4.69) is 56.3 Å². The first-order valence-electron chi connectivity index (χ1n) is 11.9. The molecule has 168 valence electrons. The van der Waals surface area contributed by atoms with Crippen LogP contribution in [0.1, 0.15) is 25.3 Å². The molecule has 3 aromatic carbocycles.